The summed E-state index contributed by atoms with van der Waals surface area (Å²) >= 11 is 0. The third kappa shape index (κ3) is 1.97. The second kappa shape index (κ2) is 3.68. The lowest BCUT2D eigenvalue weighted by Crippen LogP contribution is -2.43. The average molecular weight is 234 g/mol. The molecular formula is C12H18N4O. The molecule has 5 nitrogen and oxygen atoms in total. The molecule has 1 aliphatic heterocycles. The number of rotatable bonds is 0. The SMILES string of the molecule is CN1CC(=O)N(C)c2cnc(C(C)(C)C)nc21. The number of nitrogens with zero attached hydrogens (tertiary/aromatic N) is 4. The topological polar surface area (TPSA) is 49.3 Å². The van der Waals surface area contributed by atoms with Gasteiger partial charge in [0, 0.05) is 19.5 Å². The van der Waals surface area contributed by atoms with Gasteiger partial charge in [-0.15, -0.1) is 0 Å². The van der Waals surface area contributed by atoms with E-state index >= 15 is 0 Å². The highest BCUT2D eigenvalue weighted by Gasteiger charge is 2.28. The molecule has 0 aromatic carbocycles. The first-order valence-electron chi connectivity index (χ1n) is 5.66. The van der Waals surface area contributed by atoms with Gasteiger partial charge in [0.05, 0.1) is 12.7 Å². The Bertz CT molecular complexity index is 464. The summed E-state index contributed by atoms with van der Waals surface area (Å²) in [5.41, 5.74) is 0.687. The van der Waals surface area contributed by atoms with Gasteiger partial charge in [-0.3, -0.25) is 4.79 Å². The fourth-order valence-electron chi connectivity index (χ4n) is 1.76. The monoisotopic (exact) mass is 234 g/mol. The van der Waals surface area contributed by atoms with Crippen molar-refractivity contribution in [3.05, 3.63) is 12.0 Å². The number of aromatic nitrogens is 2. The van der Waals surface area contributed by atoms with Gasteiger partial charge in [-0.05, 0) is 0 Å². The molecule has 17 heavy (non-hydrogen) atoms. The number of hydrogen-bond donors (Lipinski definition) is 0. The van der Waals surface area contributed by atoms with Gasteiger partial charge < -0.3 is 9.80 Å². The van der Waals surface area contributed by atoms with Gasteiger partial charge in [0.1, 0.15) is 11.5 Å². The van der Waals surface area contributed by atoms with E-state index in [1.54, 1.807) is 18.1 Å². The van der Waals surface area contributed by atoms with Gasteiger partial charge in [0.2, 0.25) is 5.91 Å². The van der Waals surface area contributed by atoms with Crippen LogP contribution >= 0.6 is 0 Å². The number of fused-ring (bicyclic) bond motifs is 1. The Hall–Kier alpha value is -1.65. The van der Waals surface area contributed by atoms with Crippen LogP contribution in [-0.4, -0.2) is 36.5 Å². The molecule has 0 spiro atoms. The number of hydrogen-bond acceptors (Lipinski definition) is 4. The lowest BCUT2D eigenvalue weighted by Gasteiger charge is -2.32. The Morgan fingerprint density at radius 1 is 1.29 bits per heavy atom. The van der Waals surface area contributed by atoms with Crippen molar-refractivity contribution in [2.45, 2.75) is 26.2 Å². The molecule has 1 amide bonds. The van der Waals surface area contributed by atoms with E-state index in [1.165, 1.54) is 0 Å². The fraction of sp³-hybridized carbons (Fsp3) is 0.583. The van der Waals surface area contributed by atoms with E-state index in [9.17, 15) is 4.79 Å². The smallest absolute Gasteiger partial charge is 0.246 e. The first-order chi connectivity index (χ1) is 7.80. The summed E-state index contributed by atoms with van der Waals surface area (Å²) in [6.45, 7) is 6.59. The molecule has 92 valence electrons. The molecular weight excluding hydrogens is 216 g/mol. The minimum Gasteiger partial charge on any atom is -0.349 e. The minimum atomic E-state index is -0.0874. The van der Waals surface area contributed by atoms with Crippen molar-refractivity contribution in [2.24, 2.45) is 0 Å². The van der Waals surface area contributed by atoms with Crippen LogP contribution in [0.5, 0.6) is 0 Å². The molecule has 2 heterocycles. The van der Waals surface area contributed by atoms with Gasteiger partial charge in [0.15, 0.2) is 5.82 Å². The van der Waals surface area contributed by atoms with Crippen LogP contribution in [0.4, 0.5) is 11.5 Å². The lowest BCUT2D eigenvalue weighted by atomic mass is 9.95. The van der Waals surface area contributed by atoms with Crippen molar-refractivity contribution in [2.75, 3.05) is 30.4 Å². The van der Waals surface area contributed by atoms with Crippen molar-refractivity contribution in [3.8, 4) is 0 Å². The summed E-state index contributed by atoms with van der Waals surface area (Å²) in [5, 5.41) is 0. The molecule has 5 heteroatoms. The van der Waals surface area contributed by atoms with E-state index < -0.39 is 0 Å². The molecule has 0 radical (unpaired) electrons. The Morgan fingerprint density at radius 2 is 1.94 bits per heavy atom. The molecule has 0 aliphatic carbocycles. The second-order valence-electron chi connectivity index (χ2n) is 5.46. The zero-order chi connectivity index (χ0) is 12.8. The summed E-state index contributed by atoms with van der Waals surface area (Å²) in [5.74, 6) is 1.69. The van der Waals surface area contributed by atoms with Crippen LogP contribution in [0.3, 0.4) is 0 Å². The summed E-state index contributed by atoms with van der Waals surface area (Å²) in [4.78, 5) is 24.1. The quantitative estimate of drug-likeness (QED) is 0.676. The summed E-state index contributed by atoms with van der Waals surface area (Å²) < 4.78 is 0. The van der Waals surface area contributed by atoms with Crippen molar-refractivity contribution in [3.63, 3.8) is 0 Å². The number of likely N-dealkylation sites (N-methyl/N-ethyl adjacent to an activating group) is 2. The first kappa shape index (κ1) is 11.8. The van der Waals surface area contributed by atoms with E-state index in [2.05, 4.69) is 30.7 Å². The van der Waals surface area contributed by atoms with Crippen molar-refractivity contribution < 1.29 is 4.79 Å². The van der Waals surface area contributed by atoms with Crippen molar-refractivity contribution in [1.29, 1.82) is 0 Å². The Balaban J connectivity index is 2.52. The minimum absolute atomic E-state index is 0.0621. The second-order valence-corrected chi connectivity index (χ2v) is 5.46. The largest absolute Gasteiger partial charge is 0.349 e. The molecule has 1 aliphatic rings. The maximum atomic E-state index is 11.7. The zero-order valence-corrected chi connectivity index (χ0v) is 11.0. The molecule has 0 atom stereocenters. The van der Waals surface area contributed by atoms with Gasteiger partial charge in [-0.2, -0.15) is 0 Å². The van der Waals surface area contributed by atoms with Crippen LogP contribution in [0.25, 0.3) is 0 Å². The van der Waals surface area contributed by atoms with Crippen LogP contribution in [0.2, 0.25) is 0 Å². The highest BCUT2D eigenvalue weighted by atomic mass is 16.2. The van der Waals surface area contributed by atoms with E-state index in [4.69, 9.17) is 0 Å². The van der Waals surface area contributed by atoms with Gasteiger partial charge in [-0.1, -0.05) is 20.8 Å². The van der Waals surface area contributed by atoms with E-state index in [-0.39, 0.29) is 11.3 Å². The molecule has 0 bridgehead atoms. The number of carbonyl (C=O) groups excluding carboxylic acids is 1. The molecule has 1 aromatic rings. The van der Waals surface area contributed by atoms with Gasteiger partial charge in [-0.25, -0.2) is 9.97 Å². The van der Waals surface area contributed by atoms with E-state index in [0.717, 1.165) is 17.3 Å². The average Bonchev–Trinajstić information content (AvgIpc) is 2.24. The standard InChI is InChI=1S/C12H18N4O/c1-12(2,3)11-13-6-8-10(14-11)15(4)7-9(17)16(8)5/h6H,7H2,1-5H3. The molecule has 0 saturated carbocycles. The maximum Gasteiger partial charge on any atom is 0.246 e. The molecule has 0 fully saturated rings. The van der Waals surface area contributed by atoms with Crippen molar-refractivity contribution >= 4 is 17.4 Å². The zero-order valence-electron chi connectivity index (χ0n) is 11.0. The van der Waals surface area contributed by atoms with Crippen LogP contribution in [0.1, 0.15) is 26.6 Å². The van der Waals surface area contributed by atoms with Crippen LogP contribution in [-0.2, 0) is 10.2 Å². The maximum absolute atomic E-state index is 11.7. The Morgan fingerprint density at radius 3 is 2.53 bits per heavy atom. The fourth-order valence-corrected chi connectivity index (χ4v) is 1.76. The van der Waals surface area contributed by atoms with Gasteiger partial charge >= 0.3 is 0 Å². The lowest BCUT2D eigenvalue weighted by molar-refractivity contribution is -0.117. The predicted molar refractivity (Wildman–Crippen MR) is 67.4 cm³/mol. The first-order valence-corrected chi connectivity index (χ1v) is 5.66. The third-order valence-electron chi connectivity index (χ3n) is 2.89. The molecule has 2 rings (SSSR count). The van der Waals surface area contributed by atoms with E-state index in [1.807, 2.05) is 11.9 Å². The Kier molecular flexibility index (Phi) is 2.56. The molecule has 1 aromatic heterocycles. The van der Waals surface area contributed by atoms with E-state index in [0.29, 0.717) is 6.54 Å². The van der Waals surface area contributed by atoms with Crippen LogP contribution in [0.15, 0.2) is 6.20 Å². The summed E-state index contributed by atoms with van der Waals surface area (Å²) in [7, 11) is 3.64. The van der Waals surface area contributed by atoms with Crippen LogP contribution in [0, 0.1) is 0 Å². The molecule has 0 unspecified atom stereocenters. The number of amides is 1. The third-order valence-corrected chi connectivity index (χ3v) is 2.89. The highest BCUT2D eigenvalue weighted by Crippen LogP contribution is 2.31. The predicted octanol–water partition coefficient (Wildman–Crippen LogP) is 1.19. The number of anilines is 2. The summed E-state index contributed by atoms with van der Waals surface area (Å²) in [6.07, 6.45) is 1.73. The molecule has 0 N–H and O–H groups in total. The normalized spacial score (nSPS) is 16.2. The summed E-state index contributed by atoms with van der Waals surface area (Å²) in [6, 6.07) is 0. The number of carbonyl (C=O) groups is 1. The Labute approximate surface area is 101 Å². The molecule has 0 saturated heterocycles. The van der Waals surface area contributed by atoms with Crippen LogP contribution < -0.4 is 9.80 Å². The van der Waals surface area contributed by atoms with Gasteiger partial charge in [0.25, 0.3) is 0 Å². The highest BCUT2D eigenvalue weighted by molar-refractivity contribution is 6.01. The van der Waals surface area contributed by atoms with Crippen molar-refractivity contribution in [1.82, 2.24) is 9.97 Å².